The number of alkyl halides is 1. The lowest BCUT2D eigenvalue weighted by Gasteiger charge is -2.28. The molecule has 0 radical (unpaired) electrons. The Kier molecular flexibility index (Phi) is 20.6. The highest BCUT2D eigenvalue weighted by molar-refractivity contribution is 9.09. The highest BCUT2D eigenvalue weighted by atomic mass is 79.9. The van der Waals surface area contributed by atoms with Gasteiger partial charge in [0.05, 0.1) is 14.2 Å². The summed E-state index contributed by atoms with van der Waals surface area (Å²) < 4.78 is 14.1. The molecule has 0 aliphatic heterocycles. The molecule has 12 nitrogen and oxygen atoms in total. The molecule has 0 fully saturated rings. The summed E-state index contributed by atoms with van der Waals surface area (Å²) in [6.45, 7) is 24.7. The molecule has 0 unspecified atom stereocenters. The van der Waals surface area contributed by atoms with Crippen LogP contribution in [0.25, 0.3) is 0 Å². The fourth-order valence-electron chi connectivity index (χ4n) is 6.36. The van der Waals surface area contributed by atoms with E-state index in [-0.39, 0.29) is 57.1 Å². The quantitative estimate of drug-likeness (QED) is 0.0521. The standard InChI is InChI=1S/C26H35NO5.C23H31NO3.C3H5BrO2/c1-25(2,3)20-14-17(15-21(24(20)30)26(4,5)6)8-13-22(28)27-18-9-11-19(12-10-18)32-16-23(29)31-7;1-22(2,3)18-13-15(14-19(21(18)27)23(4,5)6)7-12-20(26)24-16-8-10-17(25)11-9-16;1-6-3(5)2-4/h9-12,14-15,30H,8,13,16H2,1-7H3,(H,27,28);8-11,13-14,25,27H,7,12H2,1-6H3,(H,24,26);2H2,1H3. The molecule has 4 aromatic carbocycles. The van der Waals surface area contributed by atoms with E-state index in [4.69, 9.17) is 4.74 Å². The van der Waals surface area contributed by atoms with E-state index in [9.17, 15) is 34.5 Å². The maximum atomic E-state index is 12.5. The van der Waals surface area contributed by atoms with E-state index in [0.29, 0.717) is 54.3 Å². The molecule has 0 saturated heterocycles. The van der Waals surface area contributed by atoms with Crippen LogP contribution in [0.2, 0.25) is 0 Å². The van der Waals surface area contributed by atoms with Crippen molar-refractivity contribution in [2.45, 2.75) is 130 Å². The molecule has 0 saturated carbocycles. The van der Waals surface area contributed by atoms with Gasteiger partial charge in [-0.25, -0.2) is 4.79 Å². The molecular formula is C52H71BrN2O10. The molecule has 4 rings (SSSR count). The fourth-order valence-corrected chi connectivity index (χ4v) is 6.59. The first-order chi connectivity index (χ1) is 30.0. The zero-order chi connectivity index (χ0) is 49.5. The Labute approximate surface area is 394 Å². The average molecular weight is 964 g/mol. The molecule has 0 bridgehead atoms. The Morgan fingerprint density at radius 1 is 0.523 bits per heavy atom. The fraction of sp³-hybridized carbons (Fsp3) is 0.462. The van der Waals surface area contributed by atoms with Crippen molar-refractivity contribution in [1.29, 1.82) is 0 Å². The molecule has 0 spiro atoms. The first-order valence-electron chi connectivity index (χ1n) is 21.5. The largest absolute Gasteiger partial charge is 0.508 e. The number of phenols is 3. The van der Waals surface area contributed by atoms with Gasteiger partial charge in [-0.3, -0.25) is 14.4 Å². The van der Waals surface area contributed by atoms with Gasteiger partial charge in [0.1, 0.15) is 28.3 Å². The molecule has 65 heavy (non-hydrogen) atoms. The number of aromatic hydroxyl groups is 3. The smallest absolute Gasteiger partial charge is 0.343 e. The van der Waals surface area contributed by atoms with Gasteiger partial charge in [-0.15, -0.1) is 0 Å². The second-order valence-corrected chi connectivity index (χ2v) is 20.4. The number of benzene rings is 4. The number of aryl methyl sites for hydroxylation is 2. The Balaban J connectivity index is 0.000000401. The maximum absolute atomic E-state index is 12.5. The van der Waals surface area contributed by atoms with Gasteiger partial charge in [-0.05, 0) is 116 Å². The number of rotatable bonds is 12. The number of nitrogens with one attached hydrogen (secondary N) is 2. The van der Waals surface area contributed by atoms with Crippen molar-refractivity contribution in [3.8, 4) is 23.0 Å². The van der Waals surface area contributed by atoms with E-state index in [1.165, 1.54) is 14.2 Å². The highest BCUT2D eigenvalue weighted by Gasteiger charge is 2.28. The third kappa shape index (κ3) is 18.8. The number of hydrogen-bond donors (Lipinski definition) is 5. The minimum atomic E-state index is -0.458. The molecule has 0 aliphatic rings. The second kappa shape index (κ2) is 24.1. The summed E-state index contributed by atoms with van der Waals surface area (Å²) in [6, 6.07) is 21.3. The molecule has 356 valence electrons. The van der Waals surface area contributed by atoms with Crippen LogP contribution in [0.5, 0.6) is 23.0 Å². The third-order valence-corrected chi connectivity index (χ3v) is 10.5. The van der Waals surface area contributed by atoms with Crippen molar-refractivity contribution in [2.75, 3.05) is 36.8 Å². The summed E-state index contributed by atoms with van der Waals surface area (Å²) in [5.41, 5.74) is 6.19. The monoisotopic (exact) mass is 962 g/mol. The summed E-state index contributed by atoms with van der Waals surface area (Å²) >= 11 is 2.90. The maximum Gasteiger partial charge on any atom is 0.343 e. The highest BCUT2D eigenvalue weighted by Crippen LogP contribution is 2.41. The molecule has 0 aliphatic carbocycles. The SMILES string of the molecule is CC(C)(C)c1cc(CCC(=O)Nc2ccc(O)cc2)cc(C(C)(C)C)c1O.COC(=O)CBr.COC(=O)COc1ccc(NC(=O)CCc2cc(C(C)(C)C)c(O)c(C(C)(C)C)c2)cc1. The van der Waals surface area contributed by atoms with Crippen LogP contribution in [0.1, 0.15) is 129 Å². The molecule has 0 heterocycles. The van der Waals surface area contributed by atoms with Crippen molar-refractivity contribution >= 4 is 51.1 Å². The van der Waals surface area contributed by atoms with E-state index in [1.54, 1.807) is 48.5 Å². The first-order valence-corrected chi connectivity index (χ1v) is 22.7. The van der Waals surface area contributed by atoms with Crippen molar-refractivity contribution in [3.05, 3.63) is 106 Å². The number of ether oxygens (including phenoxy) is 3. The predicted molar refractivity (Wildman–Crippen MR) is 263 cm³/mol. The number of anilines is 2. The first kappa shape index (κ1) is 55.6. The molecule has 2 amide bonds. The van der Waals surface area contributed by atoms with E-state index in [2.05, 4.69) is 119 Å². The van der Waals surface area contributed by atoms with Crippen LogP contribution in [-0.4, -0.2) is 65.2 Å². The van der Waals surface area contributed by atoms with Crippen LogP contribution in [0.3, 0.4) is 0 Å². The van der Waals surface area contributed by atoms with Crippen molar-refractivity contribution in [1.82, 2.24) is 0 Å². The topological polar surface area (TPSA) is 181 Å². The van der Waals surface area contributed by atoms with Crippen LogP contribution in [0.4, 0.5) is 11.4 Å². The second-order valence-electron chi connectivity index (χ2n) is 19.8. The summed E-state index contributed by atoms with van der Waals surface area (Å²) in [4.78, 5) is 45.8. The normalized spacial score (nSPS) is 11.5. The lowest BCUT2D eigenvalue weighted by atomic mass is 9.78. The van der Waals surface area contributed by atoms with Crippen molar-refractivity contribution in [3.63, 3.8) is 0 Å². The van der Waals surface area contributed by atoms with Gasteiger partial charge < -0.3 is 40.2 Å². The van der Waals surface area contributed by atoms with Crippen LogP contribution >= 0.6 is 15.9 Å². The van der Waals surface area contributed by atoms with Gasteiger partial charge in [-0.2, -0.15) is 0 Å². The number of esters is 2. The van der Waals surface area contributed by atoms with Crippen molar-refractivity contribution in [2.24, 2.45) is 0 Å². The van der Waals surface area contributed by atoms with Gasteiger partial charge >= 0.3 is 11.9 Å². The number of phenolic OH excluding ortho intramolecular Hbond substituents is 3. The summed E-state index contributed by atoms with van der Waals surface area (Å²) in [5.74, 6) is 0.499. The summed E-state index contributed by atoms with van der Waals surface area (Å²) in [6.07, 6.45) is 1.83. The Bertz CT molecular complexity index is 2130. The Morgan fingerprint density at radius 3 is 1.12 bits per heavy atom. The molecular weight excluding hydrogens is 892 g/mol. The molecule has 5 N–H and O–H groups in total. The van der Waals surface area contributed by atoms with E-state index < -0.39 is 5.97 Å². The third-order valence-electron chi connectivity index (χ3n) is 10.1. The van der Waals surface area contributed by atoms with Gasteiger partial charge in [0.25, 0.3) is 0 Å². The predicted octanol–water partition coefficient (Wildman–Crippen LogP) is 10.9. The average Bonchev–Trinajstić information content (AvgIpc) is 3.21. The summed E-state index contributed by atoms with van der Waals surface area (Å²) in [5, 5.41) is 36.9. The van der Waals surface area contributed by atoms with Crippen molar-refractivity contribution < 1.29 is 48.7 Å². The Morgan fingerprint density at radius 2 is 0.846 bits per heavy atom. The number of halogens is 1. The van der Waals surface area contributed by atoms with Gasteiger partial charge in [-0.1, -0.05) is 123 Å². The van der Waals surface area contributed by atoms with Gasteiger partial charge in [0.2, 0.25) is 11.8 Å². The molecule has 13 heteroatoms. The van der Waals surface area contributed by atoms with E-state index >= 15 is 0 Å². The lowest BCUT2D eigenvalue weighted by molar-refractivity contribution is -0.143. The van der Waals surface area contributed by atoms with Gasteiger partial charge in [0, 0.05) is 24.2 Å². The van der Waals surface area contributed by atoms with Crippen LogP contribution < -0.4 is 15.4 Å². The minimum absolute atomic E-state index is 0.0802. The van der Waals surface area contributed by atoms with Crippen LogP contribution in [-0.2, 0) is 63.2 Å². The molecule has 4 aromatic rings. The Hall–Kier alpha value is -5.56. The van der Waals surface area contributed by atoms with Crippen LogP contribution in [0, 0.1) is 0 Å². The lowest BCUT2D eigenvalue weighted by Crippen LogP contribution is -2.18. The number of carbonyl (C=O) groups excluding carboxylic acids is 4. The van der Waals surface area contributed by atoms with Gasteiger partial charge in [0.15, 0.2) is 6.61 Å². The van der Waals surface area contributed by atoms with E-state index in [1.807, 2.05) is 24.3 Å². The minimum Gasteiger partial charge on any atom is -0.508 e. The number of carbonyl (C=O) groups is 4. The molecule has 0 atom stereocenters. The van der Waals surface area contributed by atoms with Crippen LogP contribution in [0.15, 0.2) is 72.8 Å². The molecule has 0 aromatic heterocycles. The van der Waals surface area contributed by atoms with E-state index in [0.717, 1.165) is 33.4 Å². The zero-order valence-corrected chi connectivity index (χ0v) is 42.3. The summed E-state index contributed by atoms with van der Waals surface area (Å²) in [7, 11) is 2.65. The number of amides is 2. The zero-order valence-electron chi connectivity index (χ0n) is 40.7. The number of methoxy groups -OCH3 is 2. The number of hydrogen-bond acceptors (Lipinski definition) is 10.